The van der Waals surface area contributed by atoms with Gasteiger partial charge in [0.2, 0.25) is 0 Å². The molecular formula is C13H13NO3. The number of ether oxygens (including phenoxy) is 1. The van der Waals surface area contributed by atoms with Crippen LogP contribution in [0.15, 0.2) is 30.3 Å². The number of amides is 2. The Labute approximate surface area is 99.5 Å². The molecule has 0 spiro atoms. The summed E-state index contributed by atoms with van der Waals surface area (Å²) in [6.07, 6.45) is 1.11. The Morgan fingerprint density at radius 3 is 2.59 bits per heavy atom. The minimum absolute atomic E-state index is 0.246. The van der Waals surface area contributed by atoms with E-state index >= 15 is 0 Å². The van der Waals surface area contributed by atoms with Gasteiger partial charge in [0.1, 0.15) is 0 Å². The van der Waals surface area contributed by atoms with Crippen LogP contribution in [-0.4, -0.2) is 23.5 Å². The maximum Gasteiger partial charge on any atom is 0.421 e. The number of allylic oxidation sites excluding steroid dienone is 1. The molecule has 1 aliphatic heterocycles. The number of carbonyl (C=O) groups is 2. The van der Waals surface area contributed by atoms with E-state index < -0.39 is 6.09 Å². The monoisotopic (exact) mass is 231 g/mol. The first-order valence-corrected chi connectivity index (χ1v) is 5.47. The second-order valence-corrected chi connectivity index (χ2v) is 3.56. The Hall–Kier alpha value is -2.10. The topological polar surface area (TPSA) is 46.6 Å². The Morgan fingerprint density at radius 2 is 2.00 bits per heavy atom. The molecule has 1 aliphatic rings. The highest BCUT2D eigenvalue weighted by Gasteiger charge is 2.36. The lowest BCUT2D eigenvalue weighted by molar-refractivity contribution is 0.0787. The lowest BCUT2D eigenvalue weighted by Gasteiger charge is -2.14. The number of fused-ring (bicyclic) bond motifs is 1. The predicted molar refractivity (Wildman–Crippen MR) is 63.3 cm³/mol. The first-order chi connectivity index (χ1) is 8.20. The van der Waals surface area contributed by atoms with Gasteiger partial charge in [0.25, 0.3) is 5.91 Å². The van der Waals surface area contributed by atoms with Gasteiger partial charge in [-0.15, -0.1) is 0 Å². The van der Waals surface area contributed by atoms with Crippen LogP contribution in [0.3, 0.4) is 0 Å². The third kappa shape index (κ3) is 1.71. The van der Waals surface area contributed by atoms with Crippen LogP contribution < -0.4 is 0 Å². The lowest BCUT2D eigenvalue weighted by atomic mass is 10.1. The molecule has 2 amide bonds. The minimum Gasteiger partial charge on any atom is -0.449 e. The molecule has 4 heteroatoms. The van der Waals surface area contributed by atoms with Gasteiger partial charge in [0, 0.05) is 11.1 Å². The number of hydrogen-bond acceptors (Lipinski definition) is 3. The van der Waals surface area contributed by atoms with Crippen molar-refractivity contribution >= 4 is 17.7 Å². The van der Waals surface area contributed by atoms with E-state index in [0.29, 0.717) is 11.3 Å². The Bertz CT molecular complexity index is 505. The van der Waals surface area contributed by atoms with Crippen LogP contribution in [0.25, 0.3) is 5.70 Å². The summed E-state index contributed by atoms with van der Waals surface area (Å²) in [4.78, 5) is 24.9. The third-order valence-electron chi connectivity index (χ3n) is 2.60. The van der Waals surface area contributed by atoms with Crippen molar-refractivity contribution in [1.82, 2.24) is 4.90 Å². The molecule has 0 saturated carbocycles. The van der Waals surface area contributed by atoms with E-state index in [0.717, 1.165) is 10.5 Å². The highest BCUT2D eigenvalue weighted by molar-refractivity contribution is 6.16. The number of rotatable bonds is 1. The zero-order valence-electron chi connectivity index (χ0n) is 9.77. The highest BCUT2D eigenvalue weighted by atomic mass is 16.6. The summed E-state index contributed by atoms with van der Waals surface area (Å²) in [5.74, 6) is -0.327. The van der Waals surface area contributed by atoms with Crippen LogP contribution in [0.4, 0.5) is 4.79 Å². The maximum atomic E-state index is 12.1. The van der Waals surface area contributed by atoms with Gasteiger partial charge in [-0.05, 0) is 19.9 Å². The molecule has 0 unspecified atom stereocenters. The highest BCUT2D eigenvalue weighted by Crippen LogP contribution is 2.32. The van der Waals surface area contributed by atoms with E-state index in [4.69, 9.17) is 4.74 Å². The summed E-state index contributed by atoms with van der Waals surface area (Å²) in [7, 11) is 0. The average Bonchev–Trinajstić information content (AvgIpc) is 2.63. The largest absolute Gasteiger partial charge is 0.449 e. The Kier molecular flexibility index (Phi) is 2.95. The van der Waals surface area contributed by atoms with Crippen molar-refractivity contribution in [3.63, 3.8) is 0 Å². The van der Waals surface area contributed by atoms with E-state index in [2.05, 4.69) is 0 Å². The molecule has 1 heterocycles. The van der Waals surface area contributed by atoms with Gasteiger partial charge in [-0.2, -0.15) is 0 Å². The first kappa shape index (κ1) is 11.4. The number of carbonyl (C=O) groups excluding carboxylic acids is 2. The van der Waals surface area contributed by atoms with Gasteiger partial charge in [-0.1, -0.05) is 24.3 Å². The van der Waals surface area contributed by atoms with Gasteiger partial charge >= 0.3 is 6.09 Å². The molecule has 0 N–H and O–H groups in total. The molecule has 2 rings (SSSR count). The number of imide groups is 1. The fourth-order valence-electron chi connectivity index (χ4n) is 1.90. The van der Waals surface area contributed by atoms with Gasteiger partial charge < -0.3 is 4.74 Å². The fraction of sp³-hybridized carbons (Fsp3) is 0.231. The summed E-state index contributed by atoms with van der Waals surface area (Å²) in [5, 5.41) is 0. The molecular weight excluding hydrogens is 218 g/mol. The second kappa shape index (κ2) is 4.41. The molecule has 1 aromatic carbocycles. The van der Waals surface area contributed by atoms with E-state index in [-0.39, 0.29) is 12.5 Å². The molecule has 0 atom stereocenters. The van der Waals surface area contributed by atoms with Crippen LogP contribution in [0.5, 0.6) is 0 Å². The quantitative estimate of drug-likeness (QED) is 0.746. The maximum absolute atomic E-state index is 12.1. The smallest absolute Gasteiger partial charge is 0.421 e. The molecule has 0 bridgehead atoms. The number of nitrogens with zero attached hydrogens (tertiary/aromatic N) is 1. The predicted octanol–water partition coefficient (Wildman–Crippen LogP) is 2.66. The van der Waals surface area contributed by atoms with Crippen LogP contribution in [-0.2, 0) is 4.74 Å². The van der Waals surface area contributed by atoms with Crippen molar-refractivity contribution in [2.24, 2.45) is 0 Å². The van der Waals surface area contributed by atoms with Gasteiger partial charge in [-0.25, -0.2) is 9.69 Å². The molecule has 0 aliphatic carbocycles. The number of benzene rings is 1. The summed E-state index contributed by atoms with van der Waals surface area (Å²) < 4.78 is 4.88. The molecule has 0 saturated heterocycles. The normalized spacial score (nSPS) is 16.2. The van der Waals surface area contributed by atoms with Crippen molar-refractivity contribution in [1.29, 1.82) is 0 Å². The van der Waals surface area contributed by atoms with Gasteiger partial charge in [0.05, 0.1) is 12.3 Å². The fourth-order valence-corrected chi connectivity index (χ4v) is 1.90. The van der Waals surface area contributed by atoms with Crippen molar-refractivity contribution in [2.45, 2.75) is 13.8 Å². The molecule has 4 nitrogen and oxygen atoms in total. The lowest BCUT2D eigenvalue weighted by Crippen LogP contribution is -2.31. The summed E-state index contributed by atoms with van der Waals surface area (Å²) >= 11 is 0. The summed E-state index contributed by atoms with van der Waals surface area (Å²) in [5.41, 5.74) is 1.89. The Balaban J connectivity index is 2.46. The van der Waals surface area contributed by atoms with Gasteiger partial charge in [-0.3, -0.25) is 4.79 Å². The molecule has 0 aromatic heterocycles. The minimum atomic E-state index is -0.623. The number of hydrogen-bond donors (Lipinski definition) is 0. The zero-order chi connectivity index (χ0) is 12.4. The van der Waals surface area contributed by atoms with Crippen LogP contribution in [0.1, 0.15) is 29.8 Å². The van der Waals surface area contributed by atoms with E-state index in [1.807, 2.05) is 12.1 Å². The van der Waals surface area contributed by atoms with Crippen molar-refractivity contribution in [3.8, 4) is 0 Å². The van der Waals surface area contributed by atoms with Crippen molar-refractivity contribution < 1.29 is 14.3 Å². The standard InChI is InChI=1S/C13H13NO3/c1-3-11-9-7-5-6-8-10(9)12(15)14(11)13(16)17-4-2/h3,5-8H,4H2,1-2H3/b11-3+. The Morgan fingerprint density at radius 1 is 1.35 bits per heavy atom. The SMILES string of the molecule is C/C=C1\c2ccccc2C(=O)N1C(=O)OCC. The van der Waals surface area contributed by atoms with Crippen LogP contribution >= 0.6 is 0 Å². The summed E-state index contributed by atoms with van der Waals surface area (Å²) in [6.45, 7) is 3.74. The molecule has 0 radical (unpaired) electrons. The first-order valence-electron chi connectivity index (χ1n) is 5.47. The average molecular weight is 231 g/mol. The van der Waals surface area contributed by atoms with E-state index in [1.165, 1.54) is 0 Å². The third-order valence-corrected chi connectivity index (χ3v) is 2.60. The van der Waals surface area contributed by atoms with Crippen molar-refractivity contribution in [2.75, 3.05) is 6.61 Å². The van der Waals surface area contributed by atoms with Gasteiger partial charge in [0.15, 0.2) is 0 Å². The molecule has 0 fully saturated rings. The van der Waals surface area contributed by atoms with E-state index in [1.54, 1.807) is 32.1 Å². The molecule has 88 valence electrons. The van der Waals surface area contributed by atoms with Crippen molar-refractivity contribution in [3.05, 3.63) is 41.5 Å². The molecule has 17 heavy (non-hydrogen) atoms. The second-order valence-electron chi connectivity index (χ2n) is 3.56. The van der Waals surface area contributed by atoms with E-state index in [9.17, 15) is 9.59 Å². The molecule has 1 aromatic rings. The zero-order valence-corrected chi connectivity index (χ0v) is 9.77. The summed E-state index contributed by atoms with van der Waals surface area (Å²) in [6, 6.07) is 7.14. The van der Waals surface area contributed by atoms with Crippen LogP contribution in [0, 0.1) is 0 Å². The van der Waals surface area contributed by atoms with Crippen LogP contribution in [0.2, 0.25) is 0 Å².